The summed E-state index contributed by atoms with van der Waals surface area (Å²) in [6.45, 7) is 0.642. The van der Waals surface area contributed by atoms with Gasteiger partial charge in [-0.3, -0.25) is 9.59 Å². The maximum atomic E-state index is 13.9. The van der Waals surface area contributed by atoms with Crippen molar-refractivity contribution in [2.45, 2.75) is 12.3 Å². The van der Waals surface area contributed by atoms with Crippen LogP contribution in [-0.2, 0) is 4.79 Å². The van der Waals surface area contributed by atoms with Gasteiger partial charge < -0.3 is 16.4 Å². The summed E-state index contributed by atoms with van der Waals surface area (Å²) in [4.78, 5) is 24.6. The van der Waals surface area contributed by atoms with E-state index in [1.807, 2.05) is 0 Å². The molecule has 0 radical (unpaired) electrons. The fourth-order valence-corrected chi connectivity index (χ4v) is 2.93. The minimum atomic E-state index is -0.648. The predicted octanol–water partition coefficient (Wildman–Crippen LogP) is 2.40. The number of anilines is 1. The second-order valence-electron chi connectivity index (χ2n) is 6.19. The molecule has 2 amide bonds. The van der Waals surface area contributed by atoms with Crippen molar-refractivity contribution in [2.24, 2.45) is 11.7 Å². The van der Waals surface area contributed by atoms with Gasteiger partial charge in [-0.05, 0) is 36.1 Å². The standard InChI is InChI=1S/C19H19F2N3O2/c20-11-5-6-12(16(21)9-11)14-10-15(14)19(26)24-17-4-2-1-3-13(17)18(25)23-8-7-22/h1-6,9,14-15H,7-8,10,22H2,(H,23,25)(H,24,26). The van der Waals surface area contributed by atoms with Crippen molar-refractivity contribution in [3.63, 3.8) is 0 Å². The Hall–Kier alpha value is -2.80. The molecule has 1 aliphatic rings. The molecule has 0 spiro atoms. The van der Waals surface area contributed by atoms with Gasteiger partial charge in [-0.15, -0.1) is 0 Å². The quantitative estimate of drug-likeness (QED) is 0.740. The summed E-state index contributed by atoms with van der Waals surface area (Å²) in [7, 11) is 0. The molecular formula is C19H19F2N3O2. The Balaban J connectivity index is 1.69. The van der Waals surface area contributed by atoms with Gasteiger partial charge in [0.25, 0.3) is 5.91 Å². The molecule has 0 aliphatic heterocycles. The van der Waals surface area contributed by atoms with Gasteiger partial charge in [0.1, 0.15) is 11.6 Å². The van der Waals surface area contributed by atoms with E-state index in [1.54, 1.807) is 24.3 Å². The normalized spacial score (nSPS) is 18.3. The van der Waals surface area contributed by atoms with E-state index in [9.17, 15) is 18.4 Å². The lowest BCUT2D eigenvalue weighted by Crippen LogP contribution is -2.30. The van der Waals surface area contributed by atoms with Crippen molar-refractivity contribution >= 4 is 17.5 Å². The van der Waals surface area contributed by atoms with Crippen LogP contribution in [0.1, 0.15) is 28.3 Å². The number of benzene rings is 2. The number of hydrogen-bond acceptors (Lipinski definition) is 3. The number of halogens is 2. The third kappa shape index (κ3) is 3.88. The second-order valence-corrected chi connectivity index (χ2v) is 6.19. The van der Waals surface area contributed by atoms with E-state index in [2.05, 4.69) is 10.6 Å². The van der Waals surface area contributed by atoms with Crippen LogP contribution in [0, 0.1) is 17.6 Å². The Morgan fingerprint density at radius 2 is 1.92 bits per heavy atom. The van der Waals surface area contributed by atoms with E-state index >= 15 is 0 Å². The average molecular weight is 359 g/mol. The molecule has 2 aromatic carbocycles. The van der Waals surface area contributed by atoms with Crippen molar-refractivity contribution < 1.29 is 18.4 Å². The third-order valence-corrected chi connectivity index (χ3v) is 4.35. The van der Waals surface area contributed by atoms with Crippen molar-refractivity contribution in [1.29, 1.82) is 0 Å². The van der Waals surface area contributed by atoms with Crippen LogP contribution < -0.4 is 16.4 Å². The number of rotatable bonds is 6. The lowest BCUT2D eigenvalue weighted by atomic mass is 10.1. The largest absolute Gasteiger partial charge is 0.351 e. The van der Waals surface area contributed by atoms with E-state index < -0.39 is 17.6 Å². The van der Waals surface area contributed by atoms with E-state index in [4.69, 9.17) is 5.73 Å². The van der Waals surface area contributed by atoms with Crippen LogP contribution in [-0.4, -0.2) is 24.9 Å². The molecule has 4 N–H and O–H groups in total. The predicted molar refractivity (Wildman–Crippen MR) is 93.7 cm³/mol. The molecule has 0 aromatic heterocycles. The first-order valence-electron chi connectivity index (χ1n) is 8.34. The highest BCUT2D eigenvalue weighted by Gasteiger charge is 2.45. The smallest absolute Gasteiger partial charge is 0.253 e. The van der Waals surface area contributed by atoms with Gasteiger partial charge >= 0.3 is 0 Å². The molecule has 136 valence electrons. The second kappa shape index (κ2) is 7.61. The third-order valence-electron chi connectivity index (χ3n) is 4.35. The highest BCUT2D eigenvalue weighted by atomic mass is 19.1. The van der Waals surface area contributed by atoms with Crippen LogP contribution in [0.5, 0.6) is 0 Å². The number of carbonyl (C=O) groups is 2. The molecule has 2 atom stereocenters. The van der Waals surface area contributed by atoms with E-state index in [1.165, 1.54) is 12.1 Å². The molecule has 1 aliphatic carbocycles. The Morgan fingerprint density at radius 1 is 1.15 bits per heavy atom. The highest BCUT2D eigenvalue weighted by Crippen LogP contribution is 2.48. The first-order chi connectivity index (χ1) is 12.5. The Kier molecular flexibility index (Phi) is 5.27. The molecule has 0 saturated heterocycles. The van der Waals surface area contributed by atoms with Crippen LogP contribution >= 0.6 is 0 Å². The molecule has 3 rings (SSSR count). The van der Waals surface area contributed by atoms with Crippen molar-refractivity contribution in [3.05, 3.63) is 65.2 Å². The lowest BCUT2D eigenvalue weighted by molar-refractivity contribution is -0.117. The van der Waals surface area contributed by atoms with Crippen molar-refractivity contribution in [2.75, 3.05) is 18.4 Å². The molecular weight excluding hydrogens is 340 g/mol. The van der Waals surface area contributed by atoms with E-state index in [0.29, 0.717) is 36.3 Å². The molecule has 2 unspecified atom stereocenters. The number of hydrogen-bond donors (Lipinski definition) is 3. The molecule has 26 heavy (non-hydrogen) atoms. The summed E-state index contributed by atoms with van der Waals surface area (Å²) in [5.74, 6) is -2.61. The first kappa shape index (κ1) is 18.0. The summed E-state index contributed by atoms with van der Waals surface area (Å²) in [5.41, 5.74) is 6.43. The Morgan fingerprint density at radius 3 is 2.65 bits per heavy atom. The number of nitrogens with one attached hydrogen (secondary N) is 2. The average Bonchev–Trinajstić information content (AvgIpc) is 3.40. The van der Waals surface area contributed by atoms with Crippen molar-refractivity contribution in [1.82, 2.24) is 5.32 Å². The van der Waals surface area contributed by atoms with Gasteiger partial charge in [0.05, 0.1) is 11.3 Å². The Bertz CT molecular complexity index is 841. The van der Waals surface area contributed by atoms with Gasteiger partial charge in [-0.25, -0.2) is 8.78 Å². The lowest BCUT2D eigenvalue weighted by Gasteiger charge is -2.11. The minimum Gasteiger partial charge on any atom is -0.351 e. The van der Waals surface area contributed by atoms with Gasteiger partial charge in [-0.2, -0.15) is 0 Å². The van der Waals surface area contributed by atoms with Gasteiger partial charge in [0.2, 0.25) is 5.91 Å². The van der Waals surface area contributed by atoms with Gasteiger partial charge in [-0.1, -0.05) is 18.2 Å². The van der Waals surface area contributed by atoms with Gasteiger partial charge in [0, 0.05) is 25.1 Å². The summed E-state index contributed by atoms with van der Waals surface area (Å²) in [6.07, 6.45) is 0.482. The monoisotopic (exact) mass is 359 g/mol. The molecule has 1 saturated carbocycles. The molecule has 2 aromatic rings. The fraction of sp³-hybridized carbons (Fsp3) is 0.263. The molecule has 5 nitrogen and oxygen atoms in total. The highest BCUT2D eigenvalue weighted by molar-refractivity contribution is 6.04. The van der Waals surface area contributed by atoms with Crippen LogP contribution in [0.25, 0.3) is 0 Å². The molecule has 1 fully saturated rings. The molecule has 7 heteroatoms. The summed E-state index contributed by atoms with van der Waals surface area (Å²) in [5, 5.41) is 5.39. The van der Waals surface area contributed by atoms with Crippen LogP contribution in [0.3, 0.4) is 0 Å². The fourth-order valence-electron chi connectivity index (χ4n) is 2.93. The van der Waals surface area contributed by atoms with Crippen LogP contribution in [0.2, 0.25) is 0 Å². The van der Waals surface area contributed by atoms with E-state index in [-0.39, 0.29) is 17.7 Å². The Labute approximate surface area is 149 Å². The van der Waals surface area contributed by atoms with E-state index in [0.717, 1.165) is 6.07 Å². The summed E-state index contributed by atoms with van der Waals surface area (Å²) >= 11 is 0. The number of nitrogens with two attached hydrogens (primary N) is 1. The summed E-state index contributed by atoms with van der Waals surface area (Å²) < 4.78 is 26.9. The number of carbonyl (C=O) groups excluding carboxylic acids is 2. The number of para-hydroxylation sites is 1. The van der Waals surface area contributed by atoms with Crippen LogP contribution in [0.4, 0.5) is 14.5 Å². The van der Waals surface area contributed by atoms with Crippen LogP contribution in [0.15, 0.2) is 42.5 Å². The SMILES string of the molecule is NCCNC(=O)c1ccccc1NC(=O)C1CC1c1ccc(F)cc1F. The number of amides is 2. The molecule has 0 bridgehead atoms. The zero-order valence-electron chi connectivity index (χ0n) is 14.0. The topological polar surface area (TPSA) is 84.2 Å². The molecule has 0 heterocycles. The first-order valence-corrected chi connectivity index (χ1v) is 8.34. The maximum Gasteiger partial charge on any atom is 0.253 e. The maximum absolute atomic E-state index is 13.9. The minimum absolute atomic E-state index is 0.283. The zero-order valence-corrected chi connectivity index (χ0v) is 14.0. The zero-order chi connectivity index (χ0) is 18.7. The summed E-state index contributed by atoms with van der Waals surface area (Å²) in [6, 6.07) is 10.0. The van der Waals surface area contributed by atoms with Crippen molar-refractivity contribution in [3.8, 4) is 0 Å². The van der Waals surface area contributed by atoms with Gasteiger partial charge in [0.15, 0.2) is 0 Å².